The van der Waals surface area contributed by atoms with Crippen LogP contribution >= 0.6 is 0 Å². The molecule has 1 aliphatic rings. The van der Waals surface area contributed by atoms with E-state index in [2.05, 4.69) is 23.8 Å². The highest BCUT2D eigenvalue weighted by Gasteiger charge is 2.31. The second-order valence-corrected chi connectivity index (χ2v) is 5.81. The Labute approximate surface area is 122 Å². The third-order valence-corrected chi connectivity index (χ3v) is 3.75. The first kappa shape index (κ1) is 14.0. The topological polar surface area (TPSA) is 60.5 Å². The standard InChI is InChI=1S/C15H19N3O3/c1-15(2)10-20-9-8-17(15)11-18-14(19)21-13(16-18)12-6-4-3-5-7-12/h3-7H,8-11H2,1-2H3. The van der Waals surface area contributed by atoms with Crippen LogP contribution < -0.4 is 5.76 Å². The Kier molecular flexibility index (Phi) is 3.65. The molecule has 0 saturated carbocycles. The maximum Gasteiger partial charge on any atom is 0.438 e. The van der Waals surface area contributed by atoms with Crippen molar-refractivity contribution in [2.75, 3.05) is 19.8 Å². The summed E-state index contributed by atoms with van der Waals surface area (Å²) in [5.74, 6) is -0.0807. The Morgan fingerprint density at radius 1 is 1.29 bits per heavy atom. The average molecular weight is 289 g/mol. The van der Waals surface area contributed by atoms with E-state index in [0.717, 1.165) is 12.1 Å². The van der Waals surface area contributed by atoms with Gasteiger partial charge in [-0.1, -0.05) is 18.2 Å². The molecule has 0 aliphatic carbocycles. The SMILES string of the molecule is CC1(C)COCCN1Cn1nc(-c2ccccc2)oc1=O. The molecule has 3 rings (SSSR count). The summed E-state index contributed by atoms with van der Waals surface area (Å²) in [6.07, 6.45) is 0. The molecule has 0 bridgehead atoms. The first-order valence-corrected chi connectivity index (χ1v) is 7.02. The summed E-state index contributed by atoms with van der Waals surface area (Å²) in [6, 6.07) is 9.43. The van der Waals surface area contributed by atoms with Crippen LogP contribution in [0.25, 0.3) is 11.5 Å². The lowest BCUT2D eigenvalue weighted by atomic mass is 10.0. The van der Waals surface area contributed by atoms with Crippen LogP contribution in [0.5, 0.6) is 0 Å². The van der Waals surface area contributed by atoms with Crippen molar-refractivity contribution in [2.24, 2.45) is 0 Å². The average Bonchev–Trinajstić information content (AvgIpc) is 2.83. The predicted octanol–water partition coefficient (Wildman–Crippen LogP) is 1.57. The van der Waals surface area contributed by atoms with E-state index < -0.39 is 5.76 Å². The van der Waals surface area contributed by atoms with Gasteiger partial charge in [0, 0.05) is 17.6 Å². The Morgan fingerprint density at radius 2 is 2.05 bits per heavy atom. The first-order valence-electron chi connectivity index (χ1n) is 7.02. The first-order chi connectivity index (χ1) is 10.1. The summed E-state index contributed by atoms with van der Waals surface area (Å²) in [4.78, 5) is 14.1. The molecule has 1 aromatic carbocycles. The zero-order valence-electron chi connectivity index (χ0n) is 12.3. The van der Waals surface area contributed by atoms with Crippen molar-refractivity contribution in [3.63, 3.8) is 0 Å². The Hall–Kier alpha value is -1.92. The number of benzene rings is 1. The fourth-order valence-electron chi connectivity index (χ4n) is 2.41. The van der Waals surface area contributed by atoms with Gasteiger partial charge in [0.25, 0.3) is 0 Å². The summed E-state index contributed by atoms with van der Waals surface area (Å²) in [6.45, 7) is 6.68. The molecule has 6 heteroatoms. The Bertz CT molecular complexity index is 660. The number of morpholine rings is 1. The van der Waals surface area contributed by atoms with Crippen molar-refractivity contribution in [3.05, 3.63) is 40.9 Å². The van der Waals surface area contributed by atoms with Crippen molar-refractivity contribution in [3.8, 4) is 11.5 Å². The highest BCUT2D eigenvalue weighted by Crippen LogP contribution is 2.20. The highest BCUT2D eigenvalue weighted by atomic mass is 16.5. The second-order valence-electron chi connectivity index (χ2n) is 5.81. The second kappa shape index (κ2) is 5.46. The number of nitrogens with zero attached hydrogens (tertiary/aromatic N) is 3. The van der Waals surface area contributed by atoms with Crippen molar-refractivity contribution in [1.82, 2.24) is 14.7 Å². The fourth-order valence-corrected chi connectivity index (χ4v) is 2.41. The zero-order chi connectivity index (χ0) is 14.9. The lowest BCUT2D eigenvalue weighted by Gasteiger charge is -2.41. The number of hydrogen-bond donors (Lipinski definition) is 0. The van der Waals surface area contributed by atoms with Crippen LogP contribution in [-0.4, -0.2) is 40.0 Å². The number of ether oxygens (including phenoxy) is 1. The van der Waals surface area contributed by atoms with E-state index in [9.17, 15) is 4.79 Å². The molecule has 1 fully saturated rings. The van der Waals surface area contributed by atoms with Gasteiger partial charge in [-0.2, -0.15) is 4.68 Å². The van der Waals surface area contributed by atoms with Crippen LogP contribution in [0.1, 0.15) is 13.8 Å². The minimum absolute atomic E-state index is 0.121. The molecule has 0 amide bonds. The molecule has 2 aromatic rings. The molecule has 1 aromatic heterocycles. The third-order valence-electron chi connectivity index (χ3n) is 3.75. The molecule has 0 unspecified atom stereocenters. The highest BCUT2D eigenvalue weighted by molar-refractivity contribution is 5.51. The van der Waals surface area contributed by atoms with Gasteiger partial charge in [-0.3, -0.25) is 4.90 Å². The molecular weight excluding hydrogens is 270 g/mol. The summed E-state index contributed by atoms with van der Waals surface area (Å²) in [5, 5.41) is 4.29. The van der Waals surface area contributed by atoms with Gasteiger partial charge < -0.3 is 9.15 Å². The molecule has 21 heavy (non-hydrogen) atoms. The van der Waals surface area contributed by atoms with Crippen LogP contribution in [0.3, 0.4) is 0 Å². The zero-order valence-corrected chi connectivity index (χ0v) is 12.3. The van der Waals surface area contributed by atoms with Crippen molar-refractivity contribution < 1.29 is 9.15 Å². The molecular formula is C15H19N3O3. The Morgan fingerprint density at radius 3 is 2.76 bits per heavy atom. The van der Waals surface area contributed by atoms with Crippen LogP contribution in [0, 0.1) is 0 Å². The van der Waals surface area contributed by atoms with E-state index in [1.54, 1.807) is 0 Å². The van der Waals surface area contributed by atoms with Gasteiger partial charge in [-0.25, -0.2) is 4.79 Å². The molecule has 0 spiro atoms. The third kappa shape index (κ3) is 2.91. The van der Waals surface area contributed by atoms with Crippen LogP contribution in [0.4, 0.5) is 0 Å². The van der Waals surface area contributed by atoms with Gasteiger partial charge >= 0.3 is 5.76 Å². The van der Waals surface area contributed by atoms with E-state index in [1.807, 2.05) is 30.3 Å². The van der Waals surface area contributed by atoms with Crippen molar-refractivity contribution in [2.45, 2.75) is 26.1 Å². The van der Waals surface area contributed by atoms with Crippen molar-refractivity contribution >= 4 is 0 Å². The smallest absolute Gasteiger partial charge is 0.388 e. The number of rotatable bonds is 3. The van der Waals surface area contributed by atoms with Gasteiger partial charge in [-0.05, 0) is 26.0 Å². The van der Waals surface area contributed by atoms with Crippen LogP contribution in [-0.2, 0) is 11.4 Å². The molecule has 112 valence electrons. The predicted molar refractivity (Wildman–Crippen MR) is 77.8 cm³/mol. The van der Waals surface area contributed by atoms with Gasteiger partial charge in [0.05, 0.1) is 13.2 Å². The summed E-state index contributed by atoms with van der Waals surface area (Å²) in [5.41, 5.74) is 0.679. The normalized spacial score (nSPS) is 18.8. The monoisotopic (exact) mass is 289 g/mol. The molecule has 1 aliphatic heterocycles. The maximum atomic E-state index is 12.0. The summed E-state index contributed by atoms with van der Waals surface area (Å²) >= 11 is 0. The van der Waals surface area contributed by atoms with E-state index in [1.165, 1.54) is 4.68 Å². The number of hydrogen-bond acceptors (Lipinski definition) is 5. The van der Waals surface area contributed by atoms with Gasteiger partial charge in [-0.15, -0.1) is 5.10 Å². The summed E-state index contributed by atoms with van der Waals surface area (Å²) in [7, 11) is 0. The minimum Gasteiger partial charge on any atom is -0.388 e. The van der Waals surface area contributed by atoms with E-state index >= 15 is 0 Å². The van der Waals surface area contributed by atoms with Crippen LogP contribution in [0.2, 0.25) is 0 Å². The molecule has 2 heterocycles. The van der Waals surface area contributed by atoms with Gasteiger partial charge in [0.15, 0.2) is 0 Å². The number of aromatic nitrogens is 2. The molecule has 0 atom stereocenters. The molecule has 0 radical (unpaired) electrons. The largest absolute Gasteiger partial charge is 0.438 e. The Balaban J connectivity index is 1.84. The van der Waals surface area contributed by atoms with Crippen LogP contribution in [0.15, 0.2) is 39.5 Å². The van der Waals surface area contributed by atoms with Gasteiger partial charge in [0.1, 0.15) is 6.67 Å². The van der Waals surface area contributed by atoms with E-state index in [0.29, 0.717) is 25.8 Å². The quantitative estimate of drug-likeness (QED) is 0.858. The fraction of sp³-hybridized carbons (Fsp3) is 0.467. The maximum absolute atomic E-state index is 12.0. The molecule has 6 nitrogen and oxygen atoms in total. The van der Waals surface area contributed by atoms with Gasteiger partial charge in [0.2, 0.25) is 5.89 Å². The summed E-state index contributed by atoms with van der Waals surface area (Å²) < 4.78 is 12.1. The van der Waals surface area contributed by atoms with Crippen molar-refractivity contribution in [1.29, 1.82) is 0 Å². The van der Waals surface area contributed by atoms with E-state index in [4.69, 9.17) is 9.15 Å². The molecule has 0 N–H and O–H groups in total. The molecule has 1 saturated heterocycles. The lowest BCUT2D eigenvalue weighted by Crippen LogP contribution is -2.54. The lowest BCUT2D eigenvalue weighted by molar-refractivity contribution is -0.0682. The van der Waals surface area contributed by atoms with E-state index in [-0.39, 0.29) is 5.54 Å². The minimum atomic E-state index is -0.434.